The average Bonchev–Trinajstić information content (AvgIpc) is 2.55. The maximum Gasteiger partial charge on any atom is 0.149 e. The second-order valence-corrected chi connectivity index (χ2v) is 6.10. The fourth-order valence-corrected chi connectivity index (χ4v) is 2.97. The molecule has 0 aliphatic carbocycles. The lowest BCUT2D eigenvalue weighted by atomic mass is 9.90. The number of allylic oxidation sites excluding steroid dienone is 1. The number of aromatic nitrogens is 1. The molecular weight excluding hydrogens is 270 g/mol. The van der Waals surface area contributed by atoms with Gasteiger partial charge in [0.25, 0.3) is 0 Å². The highest BCUT2D eigenvalue weighted by Gasteiger charge is 2.12. The van der Waals surface area contributed by atoms with Crippen molar-refractivity contribution in [3.63, 3.8) is 0 Å². The summed E-state index contributed by atoms with van der Waals surface area (Å²) >= 11 is 0. The summed E-state index contributed by atoms with van der Waals surface area (Å²) in [6.07, 6.45) is 8.88. The van der Waals surface area contributed by atoms with E-state index in [0.29, 0.717) is 5.52 Å². The number of phenols is 1. The van der Waals surface area contributed by atoms with Crippen LogP contribution < -0.4 is 0 Å². The maximum absolute atomic E-state index is 10.5. The number of nitrogens with zero attached hydrogens (tertiary/aromatic N) is 1. The molecular formula is C20H27NO. The predicted molar refractivity (Wildman–Crippen MR) is 95.0 cm³/mol. The van der Waals surface area contributed by atoms with E-state index in [1.165, 1.54) is 25.7 Å². The molecule has 1 N–H and O–H groups in total. The average molecular weight is 297 g/mol. The summed E-state index contributed by atoms with van der Waals surface area (Å²) in [6, 6.07) is 7.83. The van der Waals surface area contributed by atoms with Gasteiger partial charge >= 0.3 is 0 Å². The Morgan fingerprint density at radius 1 is 1.23 bits per heavy atom. The molecule has 0 bridgehead atoms. The Morgan fingerprint density at radius 2 is 2.05 bits per heavy atom. The van der Waals surface area contributed by atoms with E-state index in [2.05, 4.69) is 25.4 Å². The van der Waals surface area contributed by atoms with E-state index in [0.717, 1.165) is 35.3 Å². The van der Waals surface area contributed by atoms with Crippen molar-refractivity contribution in [1.82, 2.24) is 4.98 Å². The second kappa shape index (κ2) is 7.98. The van der Waals surface area contributed by atoms with Gasteiger partial charge in [-0.25, -0.2) is 0 Å². The number of fused-ring (bicyclic) bond motifs is 1. The quantitative estimate of drug-likeness (QED) is 0.653. The van der Waals surface area contributed by atoms with Gasteiger partial charge in [-0.1, -0.05) is 64.3 Å². The minimum atomic E-state index is 0.268. The highest BCUT2D eigenvalue weighted by atomic mass is 16.3. The van der Waals surface area contributed by atoms with E-state index in [-0.39, 0.29) is 5.75 Å². The summed E-state index contributed by atoms with van der Waals surface area (Å²) in [6.45, 7) is 8.70. The van der Waals surface area contributed by atoms with Crippen molar-refractivity contribution in [2.45, 2.75) is 52.4 Å². The molecule has 0 fully saturated rings. The lowest BCUT2D eigenvalue weighted by molar-refractivity contribution is 0.426. The first-order chi connectivity index (χ1) is 10.7. The number of benzene rings is 1. The Hall–Kier alpha value is -1.83. The molecule has 2 rings (SSSR count). The van der Waals surface area contributed by atoms with Gasteiger partial charge in [0.2, 0.25) is 0 Å². The van der Waals surface area contributed by atoms with Crippen LogP contribution >= 0.6 is 0 Å². The van der Waals surface area contributed by atoms with Gasteiger partial charge in [0.05, 0.1) is 0 Å². The van der Waals surface area contributed by atoms with Crippen LogP contribution in [0.2, 0.25) is 0 Å². The minimum Gasteiger partial charge on any atom is -0.505 e. The largest absolute Gasteiger partial charge is 0.505 e. The van der Waals surface area contributed by atoms with Crippen LogP contribution in [0.5, 0.6) is 5.75 Å². The highest BCUT2D eigenvalue weighted by molar-refractivity contribution is 5.89. The summed E-state index contributed by atoms with van der Waals surface area (Å²) in [5, 5.41) is 11.4. The van der Waals surface area contributed by atoms with Crippen molar-refractivity contribution in [3.8, 4) is 5.75 Å². The van der Waals surface area contributed by atoms with E-state index < -0.39 is 0 Å². The van der Waals surface area contributed by atoms with E-state index in [9.17, 15) is 5.11 Å². The van der Waals surface area contributed by atoms with Gasteiger partial charge in [-0.15, -0.1) is 0 Å². The van der Waals surface area contributed by atoms with Crippen LogP contribution in [0.1, 0.15) is 57.9 Å². The normalized spacial score (nSPS) is 12.5. The zero-order valence-electron chi connectivity index (χ0n) is 13.8. The van der Waals surface area contributed by atoms with Gasteiger partial charge in [0, 0.05) is 17.1 Å². The van der Waals surface area contributed by atoms with Crippen LogP contribution in [0.4, 0.5) is 0 Å². The third kappa shape index (κ3) is 3.88. The molecule has 0 unspecified atom stereocenters. The number of pyridine rings is 1. The molecule has 1 aromatic heterocycles. The van der Waals surface area contributed by atoms with Crippen molar-refractivity contribution < 1.29 is 5.11 Å². The maximum atomic E-state index is 10.5. The van der Waals surface area contributed by atoms with Crippen LogP contribution in [0.25, 0.3) is 16.5 Å². The first kappa shape index (κ1) is 16.5. The second-order valence-electron chi connectivity index (χ2n) is 6.10. The fourth-order valence-electron chi connectivity index (χ4n) is 2.97. The van der Waals surface area contributed by atoms with Gasteiger partial charge in [-0.3, -0.25) is 4.98 Å². The molecule has 1 heterocycles. The van der Waals surface area contributed by atoms with Gasteiger partial charge < -0.3 is 5.11 Å². The SMILES string of the molecule is C=C(CC[C@H](CC)CCCC)c1ccc2cccnc2c1O. The molecule has 0 aliphatic heterocycles. The van der Waals surface area contributed by atoms with Crippen molar-refractivity contribution in [2.24, 2.45) is 5.92 Å². The molecule has 0 spiro atoms. The Morgan fingerprint density at radius 3 is 2.77 bits per heavy atom. The van der Waals surface area contributed by atoms with E-state index in [1.54, 1.807) is 6.20 Å². The zero-order chi connectivity index (χ0) is 15.9. The fraction of sp³-hybridized carbons (Fsp3) is 0.450. The van der Waals surface area contributed by atoms with Crippen LogP contribution in [0.15, 0.2) is 37.0 Å². The zero-order valence-corrected chi connectivity index (χ0v) is 13.8. The third-order valence-electron chi connectivity index (χ3n) is 4.53. The Kier molecular flexibility index (Phi) is 6.00. The lowest BCUT2D eigenvalue weighted by Gasteiger charge is -2.16. The number of unbranched alkanes of at least 4 members (excludes halogenated alkanes) is 1. The molecule has 0 amide bonds. The van der Waals surface area contributed by atoms with Crippen molar-refractivity contribution >= 4 is 16.5 Å². The van der Waals surface area contributed by atoms with Crippen molar-refractivity contribution in [1.29, 1.82) is 0 Å². The van der Waals surface area contributed by atoms with Gasteiger partial charge in [-0.2, -0.15) is 0 Å². The first-order valence-electron chi connectivity index (χ1n) is 8.42. The molecule has 0 saturated carbocycles. The number of hydrogen-bond donors (Lipinski definition) is 1. The number of hydrogen-bond acceptors (Lipinski definition) is 2. The molecule has 22 heavy (non-hydrogen) atoms. The van der Waals surface area contributed by atoms with E-state index in [1.807, 2.05) is 24.3 Å². The van der Waals surface area contributed by atoms with Crippen LogP contribution in [-0.4, -0.2) is 10.1 Å². The van der Waals surface area contributed by atoms with Crippen LogP contribution in [-0.2, 0) is 0 Å². The summed E-state index contributed by atoms with van der Waals surface area (Å²) < 4.78 is 0. The molecule has 0 radical (unpaired) electrons. The molecule has 2 nitrogen and oxygen atoms in total. The number of rotatable bonds is 8. The molecule has 2 aromatic rings. The Balaban J connectivity index is 2.08. The van der Waals surface area contributed by atoms with Crippen LogP contribution in [0.3, 0.4) is 0 Å². The van der Waals surface area contributed by atoms with Crippen molar-refractivity contribution in [2.75, 3.05) is 0 Å². The standard InChI is InChI=1S/C20H27NO/c1-4-6-8-16(5-2)11-10-15(3)18-13-12-17-9-7-14-21-19(17)20(18)22/h7,9,12-14,16,22H,3-6,8,10-11H2,1-2H3/t16-/m1/s1. The molecule has 0 saturated heterocycles. The summed E-state index contributed by atoms with van der Waals surface area (Å²) in [5.41, 5.74) is 2.52. The number of aromatic hydroxyl groups is 1. The van der Waals surface area contributed by atoms with Crippen molar-refractivity contribution in [3.05, 3.63) is 42.6 Å². The molecule has 2 heteroatoms. The molecule has 0 aliphatic rings. The van der Waals surface area contributed by atoms with Gasteiger partial charge in [0.1, 0.15) is 11.3 Å². The number of phenolic OH excluding ortho intramolecular Hbond substituents is 1. The Bertz CT molecular complexity index is 633. The molecule has 1 aromatic carbocycles. The summed E-state index contributed by atoms with van der Waals surface area (Å²) in [7, 11) is 0. The highest BCUT2D eigenvalue weighted by Crippen LogP contribution is 2.34. The van der Waals surface area contributed by atoms with Gasteiger partial charge in [-0.05, 0) is 30.4 Å². The topological polar surface area (TPSA) is 33.1 Å². The summed E-state index contributed by atoms with van der Waals surface area (Å²) in [4.78, 5) is 4.28. The van der Waals surface area contributed by atoms with Crippen LogP contribution in [0, 0.1) is 5.92 Å². The smallest absolute Gasteiger partial charge is 0.149 e. The minimum absolute atomic E-state index is 0.268. The molecule has 118 valence electrons. The molecule has 1 atom stereocenters. The Labute approximate surface area is 133 Å². The monoisotopic (exact) mass is 297 g/mol. The third-order valence-corrected chi connectivity index (χ3v) is 4.53. The van der Waals surface area contributed by atoms with E-state index in [4.69, 9.17) is 0 Å². The van der Waals surface area contributed by atoms with Gasteiger partial charge in [0.15, 0.2) is 0 Å². The first-order valence-corrected chi connectivity index (χ1v) is 8.42. The lowest BCUT2D eigenvalue weighted by Crippen LogP contribution is -1.99. The van der Waals surface area contributed by atoms with E-state index >= 15 is 0 Å². The summed E-state index contributed by atoms with van der Waals surface area (Å²) in [5.74, 6) is 1.03. The predicted octanol–water partition coefficient (Wildman–Crippen LogP) is 5.95.